The lowest BCUT2D eigenvalue weighted by Crippen LogP contribution is -2.36. The van der Waals surface area contributed by atoms with E-state index in [0.717, 1.165) is 17.7 Å². The molecule has 0 radical (unpaired) electrons. The summed E-state index contributed by atoms with van der Waals surface area (Å²) in [5.41, 5.74) is 10.5. The lowest BCUT2D eigenvalue weighted by molar-refractivity contribution is -0.120. The van der Waals surface area contributed by atoms with Gasteiger partial charge in [-0.2, -0.15) is 5.10 Å². The van der Waals surface area contributed by atoms with Crippen LogP contribution in [0.4, 0.5) is 0 Å². The van der Waals surface area contributed by atoms with Gasteiger partial charge in [0.1, 0.15) is 0 Å². The van der Waals surface area contributed by atoms with Crippen LogP contribution in [-0.2, 0) is 11.2 Å². The Morgan fingerprint density at radius 3 is 2.03 bits per heavy atom. The number of nitrogens with one attached hydrogen (secondary N) is 1. The van der Waals surface area contributed by atoms with Gasteiger partial charge in [0.25, 0.3) is 0 Å². The van der Waals surface area contributed by atoms with Crippen molar-refractivity contribution in [3.8, 4) is 0 Å². The molecule has 0 saturated heterocycles. The van der Waals surface area contributed by atoms with E-state index in [-0.39, 0.29) is 5.91 Å². The van der Waals surface area contributed by atoms with Crippen LogP contribution >= 0.6 is 0 Å². The maximum atomic E-state index is 12.3. The zero-order valence-corrected chi connectivity index (χ0v) is 16.5. The summed E-state index contributed by atoms with van der Waals surface area (Å²) in [4.78, 5) is 12.3. The Kier molecular flexibility index (Phi) is 4.51. The van der Waals surface area contributed by atoms with Crippen LogP contribution in [0.5, 0.6) is 0 Å². The number of nitrogens with zero attached hydrogens (tertiary/aromatic N) is 1. The molecule has 0 fully saturated rings. The molecule has 3 aliphatic carbocycles. The van der Waals surface area contributed by atoms with Crippen LogP contribution in [0.3, 0.4) is 0 Å². The largest absolute Gasteiger partial charge is 0.273 e. The minimum atomic E-state index is -0.0719. The van der Waals surface area contributed by atoms with Gasteiger partial charge in [0, 0.05) is 23.5 Å². The van der Waals surface area contributed by atoms with E-state index in [9.17, 15) is 4.79 Å². The Labute approximate surface area is 171 Å². The molecule has 1 N–H and O–H groups in total. The molecule has 144 valence electrons. The molecule has 3 aromatic rings. The van der Waals surface area contributed by atoms with Crippen LogP contribution in [0.2, 0.25) is 0 Å². The topological polar surface area (TPSA) is 41.5 Å². The number of benzene rings is 3. The molecule has 0 saturated carbocycles. The second kappa shape index (κ2) is 7.32. The van der Waals surface area contributed by atoms with Crippen molar-refractivity contribution in [3.63, 3.8) is 0 Å². The van der Waals surface area contributed by atoms with Gasteiger partial charge >= 0.3 is 0 Å². The van der Waals surface area contributed by atoms with Gasteiger partial charge in [-0.1, -0.05) is 78.9 Å². The van der Waals surface area contributed by atoms with Crippen LogP contribution in [-0.4, -0.2) is 11.6 Å². The van der Waals surface area contributed by atoms with Gasteiger partial charge in [0.05, 0.1) is 6.42 Å². The Morgan fingerprint density at radius 1 is 0.862 bits per heavy atom. The maximum absolute atomic E-state index is 12.3. The fraction of sp³-hybridized carbons (Fsp3) is 0.231. The van der Waals surface area contributed by atoms with Gasteiger partial charge in [-0.3, -0.25) is 4.79 Å². The number of carbonyl (C=O) groups is 1. The highest BCUT2D eigenvalue weighted by Gasteiger charge is 2.44. The zero-order chi connectivity index (χ0) is 19.8. The second-order valence-electron chi connectivity index (χ2n) is 8.08. The summed E-state index contributed by atoms with van der Waals surface area (Å²) >= 11 is 0. The molecule has 3 nitrogen and oxygen atoms in total. The molecule has 0 heterocycles. The summed E-state index contributed by atoms with van der Waals surface area (Å²) in [6.07, 6.45) is 1.39. The molecular weight excluding hydrogens is 356 g/mol. The van der Waals surface area contributed by atoms with Crippen molar-refractivity contribution in [3.05, 3.63) is 107 Å². The van der Waals surface area contributed by atoms with Gasteiger partial charge in [-0.25, -0.2) is 5.43 Å². The van der Waals surface area contributed by atoms with Crippen LogP contribution in [0, 0.1) is 5.92 Å². The zero-order valence-electron chi connectivity index (χ0n) is 16.5. The smallest absolute Gasteiger partial charge is 0.244 e. The first kappa shape index (κ1) is 17.9. The number of hydrogen-bond donors (Lipinski definition) is 1. The van der Waals surface area contributed by atoms with E-state index >= 15 is 0 Å². The fourth-order valence-electron chi connectivity index (χ4n) is 5.10. The number of amides is 1. The normalized spacial score (nSPS) is 22.0. The maximum Gasteiger partial charge on any atom is 0.244 e. The number of carbonyl (C=O) groups excluding carboxylic acids is 1. The third-order valence-electron chi connectivity index (χ3n) is 6.41. The molecule has 1 atom stereocenters. The highest BCUT2D eigenvalue weighted by Crippen LogP contribution is 2.55. The van der Waals surface area contributed by atoms with E-state index in [1.165, 1.54) is 22.3 Å². The first-order valence-electron chi connectivity index (χ1n) is 10.3. The molecule has 0 spiro atoms. The predicted molar refractivity (Wildman–Crippen MR) is 116 cm³/mol. The molecule has 0 aromatic heterocycles. The van der Waals surface area contributed by atoms with E-state index in [4.69, 9.17) is 0 Å². The van der Waals surface area contributed by atoms with Crippen LogP contribution in [0.25, 0.3) is 0 Å². The Bertz CT molecular complexity index is 1040. The van der Waals surface area contributed by atoms with Crippen molar-refractivity contribution in [2.24, 2.45) is 11.0 Å². The predicted octanol–water partition coefficient (Wildman–Crippen LogP) is 5.02. The molecule has 29 heavy (non-hydrogen) atoms. The Balaban J connectivity index is 1.40. The van der Waals surface area contributed by atoms with Crippen molar-refractivity contribution in [2.75, 3.05) is 0 Å². The Hall–Kier alpha value is -3.20. The molecule has 3 aliphatic rings. The van der Waals surface area contributed by atoms with E-state index in [1.54, 1.807) is 0 Å². The lowest BCUT2D eigenvalue weighted by atomic mass is 9.58. The third kappa shape index (κ3) is 3.17. The first-order valence-corrected chi connectivity index (χ1v) is 10.3. The summed E-state index contributed by atoms with van der Waals surface area (Å²) in [7, 11) is 0. The second-order valence-corrected chi connectivity index (χ2v) is 8.08. The van der Waals surface area contributed by atoms with Crippen LogP contribution < -0.4 is 5.43 Å². The molecule has 1 unspecified atom stereocenters. The summed E-state index contributed by atoms with van der Waals surface area (Å²) in [6.45, 7) is 2.05. The van der Waals surface area contributed by atoms with Gasteiger partial charge in [-0.05, 0) is 41.2 Å². The highest BCUT2D eigenvalue weighted by atomic mass is 16.2. The van der Waals surface area contributed by atoms with Crippen molar-refractivity contribution in [1.29, 1.82) is 0 Å². The number of hydrogen-bond acceptors (Lipinski definition) is 2. The molecule has 0 aliphatic heterocycles. The van der Waals surface area contributed by atoms with Gasteiger partial charge in [0.2, 0.25) is 5.91 Å². The van der Waals surface area contributed by atoms with Crippen LogP contribution in [0.1, 0.15) is 53.0 Å². The van der Waals surface area contributed by atoms with Crippen molar-refractivity contribution in [1.82, 2.24) is 5.43 Å². The molecule has 6 rings (SSSR count). The van der Waals surface area contributed by atoms with Crippen molar-refractivity contribution < 1.29 is 4.79 Å². The SMILES string of the molecule is C/C(=N\NC(=O)Cc1ccccc1)C1CC2c3ccccc3C1c1ccccc12. The van der Waals surface area contributed by atoms with E-state index in [1.807, 2.05) is 30.3 Å². The molecule has 3 heteroatoms. The highest BCUT2D eigenvalue weighted by molar-refractivity contribution is 5.89. The van der Waals surface area contributed by atoms with Gasteiger partial charge in [0.15, 0.2) is 0 Å². The summed E-state index contributed by atoms with van der Waals surface area (Å²) in [5.74, 6) is 0.948. The number of fused-ring (bicyclic) bond motifs is 1. The summed E-state index contributed by atoms with van der Waals surface area (Å²) in [5, 5.41) is 4.53. The minimum Gasteiger partial charge on any atom is -0.273 e. The van der Waals surface area contributed by atoms with E-state index < -0.39 is 0 Å². The first-order chi connectivity index (χ1) is 14.2. The third-order valence-corrected chi connectivity index (χ3v) is 6.41. The average molecular weight is 380 g/mol. The van der Waals surface area contributed by atoms with Crippen LogP contribution in [0.15, 0.2) is 84.0 Å². The number of hydrazone groups is 1. The fourth-order valence-corrected chi connectivity index (χ4v) is 5.10. The summed E-state index contributed by atoms with van der Waals surface area (Å²) in [6, 6.07) is 27.4. The molecule has 3 aromatic carbocycles. The minimum absolute atomic E-state index is 0.0719. The van der Waals surface area contributed by atoms with Crippen molar-refractivity contribution >= 4 is 11.6 Å². The average Bonchev–Trinajstić information content (AvgIpc) is 2.78. The standard InChI is InChI=1S/C26H24N2O/c1-17(27-28-25(29)15-18-9-3-2-4-10-18)23-16-24-19-11-5-7-13-21(19)26(23)22-14-8-6-12-20(22)24/h2-14,23-24,26H,15-16H2,1H3,(H,28,29)/b27-17+. The lowest BCUT2D eigenvalue weighted by Gasteiger charge is -2.45. The number of rotatable bonds is 4. The molecule has 1 amide bonds. The quantitative estimate of drug-likeness (QED) is 0.501. The Morgan fingerprint density at radius 2 is 1.41 bits per heavy atom. The monoisotopic (exact) mass is 380 g/mol. The molecular formula is C26H24N2O. The summed E-state index contributed by atoms with van der Waals surface area (Å²) < 4.78 is 0. The van der Waals surface area contributed by atoms with E-state index in [0.29, 0.717) is 24.2 Å². The van der Waals surface area contributed by atoms with Gasteiger partial charge in [-0.15, -0.1) is 0 Å². The van der Waals surface area contributed by atoms with E-state index in [2.05, 4.69) is 66.0 Å². The van der Waals surface area contributed by atoms with Crippen molar-refractivity contribution in [2.45, 2.75) is 31.6 Å². The molecule has 2 bridgehead atoms. The van der Waals surface area contributed by atoms with Gasteiger partial charge < -0.3 is 0 Å².